The summed E-state index contributed by atoms with van der Waals surface area (Å²) in [5.74, 6) is 0. The van der Waals surface area contributed by atoms with Gasteiger partial charge in [-0.05, 0) is 31.5 Å². The molecule has 14 heavy (non-hydrogen) atoms. The van der Waals surface area contributed by atoms with E-state index in [-0.39, 0.29) is 12.4 Å². The van der Waals surface area contributed by atoms with Gasteiger partial charge in [0.25, 0.3) is 0 Å². The summed E-state index contributed by atoms with van der Waals surface area (Å²) in [6.45, 7) is 7.07. The highest BCUT2D eigenvalue weighted by molar-refractivity contribution is 5.85. The maximum atomic E-state index is 5.53. The van der Waals surface area contributed by atoms with Crippen molar-refractivity contribution in [2.75, 3.05) is 18.0 Å². The fourth-order valence-corrected chi connectivity index (χ4v) is 1.43. The second-order valence-electron chi connectivity index (χ2n) is 3.04. The van der Waals surface area contributed by atoms with Gasteiger partial charge in [0.05, 0.1) is 0 Å². The van der Waals surface area contributed by atoms with E-state index in [0.717, 1.165) is 13.1 Å². The van der Waals surface area contributed by atoms with Crippen molar-refractivity contribution in [3.8, 4) is 0 Å². The zero-order valence-electron chi connectivity index (χ0n) is 8.86. The van der Waals surface area contributed by atoms with Crippen LogP contribution in [0.1, 0.15) is 19.4 Å². The molecule has 0 aliphatic carbocycles. The first-order valence-electron chi connectivity index (χ1n) is 4.85. The van der Waals surface area contributed by atoms with E-state index < -0.39 is 0 Å². The molecular formula is C11H19ClN2. The van der Waals surface area contributed by atoms with E-state index in [1.54, 1.807) is 0 Å². The number of anilines is 1. The van der Waals surface area contributed by atoms with Gasteiger partial charge >= 0.3 is 0 Å². The molecule has 1 rings (SSSR count). The Balaban J connectivity index is 0.00000169. The summed E-state index contributed by atoms with van der Waals surface area (Å²) in [6.07, 6.45) is 0. The lowest BCUT2D eigenvalue weighted by Crippen LogP contribution is -2.21. The Hall–Kier alpha value is -0.730. The molecule has 1 aromatic rings. The van der Waals surface area contributed by atoms with Crippen LogP contribution in [-0.4, -0.2) is 13.1 Å². The third-order valence-electron chi connectivity index (χ3n) is 2.30. The van der Waals surface area contributed by atoms with Gasteiger partial charge in [-0.15, -0.1) is 12.4 Å². The minimum atomic E-state index is 0. The number of nitrogens with two attached hydrogens (primary N) is 1. The van der Waals surface area contributed by atoms with Gasteiger partial charge in [0.1, 0.15) is 0 Å². The van der Waals surface area contributed by atoms with Crippen LogP contribution in [0.4, 0.5) is 5.69 Å². The van der Waals surface area contributed by atoms with Gasteiger partial charge in [0.15, 0.2) is 0 Å². The van der Waals surface area contributed by atoms with Crippen molar-refractivity contribution in [2.45, 2.75) is 20.4 Å². The Morgan fingerprint density at radius 3 is 1.93 bits per heavy atom. The van der Waals surface area contributed by atoms with E-state index >= 15 is 0 Å². The van der Waals surface area contributed by atoms with Crippen LogP contribution in [0.3, 0.4) is 0 Å². The molecule has 0 aliphatic rings. The van der Waals surface area contributed by atoms with Crippen LogP contribution >= 0.6 is 12.4 Å². The normalized spacial score (nSPS) is 9.36. The van der Waals surface area contributed by atoms with Crippen molar-refractivity contribution in [1.29, 1.82) is 0 Å². The lowest BCUT2D eigenvalue weighted by Gasteiger charge is -2.20. The first-order chi connectivity index (χ1) is 6.31. The highest BCUT2D eigenvalue weighted by Gasteiger charge is 1.99. The Kier molecular flexibility index (Phi) is 6.34. The van der Waals surface area contributed by atoms with Crippen LogP contribution in [0, 0.1) is 0 Å². The Morgan fingerprint density at radius 1 is 1.07 bits per heavy atom. The van der Waals surface area contributed by atoms with Crippen LogP contribution in [0.15, 0.2) is 24.3 Å². The van der Waals surface area contributed by atoms with Crippen LogP contribution in [-0.2, 0) is 6.54 Å². The summed E-state index contributed by atoms with van der Waals surface area (Å²) in [7, 11) is 0. The van der Waals surface area contributed by atoms with Gasteiger partial charge in [-0.3, -0.25) is 0 Å². The Bertz CT molecular complexity index is 242. The molecule has 0 spiro atoms. The van der Waals surface area contributed by atoms with Gasteiger partial charge < -0.3 is 10.6 Å². The van der Waals surface area contributed by atoms with Crippen molar-refractivity contribution in [3.05, 3.63) is 29.8 Å². The third-order valence-corrected chi connectivity index (χ3v) is 2.30. The molecule has 0 unspecified atom stereocenters. The van der Waals surface area contributed by atoms with E-state index in [4.69, 9.17) is 5.73 Å². The first kappa shape index (κ1) is 13.3. The van der Waals surface area contributed by atoms with Gasteiger partial charge in [-0.1, -0.05) is 12.1 Å². The molecule has 0 heterocycles. The molecule has 0 saturated carbocycles. The summed E-state index contributed by atoms with van der Waals surface area (Å²) in [6, 6.07) is 8.45. The van der Waals surface area contributed by atoms with Crippen molar-refractivity contribution >= 4 is 18.1 Å². The molecule has 1 aromatic carbocycles. The average molecular weight is 215 g/mol. The quantitative estimate of drug-likeness (QED) is 0.834. The maximum Gasteiger partial charge on any atom is 0.0366 e. The van der Waals surface area contributed by atoms with Gasteiger partial charge in [-0.2, -0.15) is 0 Å². The standard InChI is InChI=1S/C11H18N2.ClH/c1-3-13(4-2)11-7-5-10(9-12)6-8-11;/h5-8H,3-4,9,12H2,1-2H3;1H. The maximum absolute atomic E-state index is 5.53. The van der Waals surface area contributed by atoms with E-state index in [0.29, 0.717) is 6.54 Å². The largest absolute Gasteiger partial charge is 0.372 e. The van der Waals surface area contributed by atoms with E-state index in [1.165, 1.54) is 11.3 Å². The number of halogens is 1. The lowest BCUT2D eigenvalue weighted by atomic mass is 10.2. The van der Waals surface area contributed by atoms with Gasteiger partial charge in [-0.25, -0.2) is 0 Å². The highest BCUT2D eigenvalue weighted by Crippen LogP contribution is 2.14. The monoisotopic (exact) mass is 214 g/mol. The molecule has 0 bridgehead atoms. The van der Waals surface area contributed by atoms with Gasteiger partial charge in [0.2, 0.25) is 0 Å². The SMILES string of the molecule is CCN(CC)c1ccc(CN)cc1.Cl. The smallest absolute Gasteiger partial charge is 0.0366 e. The van der Waals surface area contributed by atoms with E-state index in [9.17, 15) is 0 Å². The molecule has 0 radical (unpaired) electrons. The summed E-state index contributed by atoms with van der Waals surface area (Å²) in [5, 5.41) is 0. The van der Waals surface area contributed by atoms with Crippen molar-refractivity contribution in [3.63, 3.8) is 0 Å². The van der Waals surface area contributed by atoms with Crippen LogP contribution < -0.4 is 10.6 Å². The predicted molar refractivity (Wildman–Crippen MR) is 65.1 cm³/mol. The van der Waals surface area contributed by atoms with Gasteiger partial charge in [0, 0.05) is 25.3 Å². The molecule has 80 valence electrons. The zero-order chi connectivity index (χ0) is 9.68. The first-order valence-corrected chi connectivity index (χ1v) is 4.85. The topological polar surface area (TPSA) is 29.3 Å². The molecule has 0 saturated heterocycles. The zero-order valence-corrected chi connectivity index (χ0v) is 9.68. The molecule has 2 N–H and O–H groups in total. The molecule has 0 aliphatic heterocycles. The summed E-state index contributed by atoms with van der Waals surface area (Å²) < 4.78 is 0. The van der Waals surface area contributed by atoms with E-state index in [2.05, 4.69) is 43.0 Å². The number of benzene rings is 1. The number of rotatable bonds is 4. The second-order valence-corrected chi connectivity index (χ2v) is 3.04. The minimum Gasteiger partial charge on any atom is -0.372 e. The lowest BCUT2D eigenvalue weighted by molar-refractivity contribution is 0.865. The molecule has 0 atom stereocenters. The molecular weight excluding hydrogens is 196 g/mol. The third kappa shape index (κ3) is 3.20. The minimum absolute atomic E-state index is 0. The number of hydrogen-bond acceptors (Lipinski definition) is 2. The summed E-state index contributed by atoms with van der Waals surface area (Å²) >= 11 is 0. The average Bonchev–Trinajstić information content (AvgIpc) is 2.21. The molecule has 0 aromatic heterocycles. The fourth-order valence-electron chi connectivity index (χ4n) is 1.43. The Morgan fingerprint density at radius 2 is 1.57 bits per heavy atom. The molecule has 0 fully saturated rings. The van der Waals surface area contributed by atoms with Crippen molar-refractivity contribution in [1.82, 2.24) is 0 Å². The van der Waals surface area contributed by atoms with Crippen molar-refractivity contribution in [2.24, 2.45) is 5.73 Å². The van der Waals surface area contributed by atoms with Crippen LogP contribution in [0.25, 0.3) is 0 Å². The fraction of sp³-hybridized carbons (Fsp3) is 0.455. The second kappa shape index (κ2) is 6.68. The van der Waals surface area contributed by atoms with E-state index in [1.807, 2.05) is 0 Å². The molecule has 0 amide bonds. The number of nitrogens with zero attached hydrogens (tertiary/aromatic N) is 1. The number of hydrogen-bond donors (Lipinski definition) is 1. The Labute approximate surface area is 92.5 Å². The summed E-state index contributed by atoms with van der Waals surface area (Å²) in [5.41, 5.74) is 8.00. The van der Waals surface area contributed by atoms with Crippen LogP contribution in [0.2, 0.25) is 0 Å². The molecule has 3 heteroatoms. The predicted octanol–water partition coefficient (Wildman–Crippen LogP) is 2.41. The van der Waals surface area contributed by atoms with Crippen molar-refractivity contribution < 1.29 is 0 Å². The van der Waals surface area contributed by atoms with Crippen LogP contribution in [0.5, 0.6) is 0 Å². The molecule has 2 nitrogen and oxygen atoms in total. The highest BCUT2D eigenvalue weighted by atomic mass is 35.5. The summed E-state index contributed by atoms with van der Waals surface area (Å²) in [4.78, 5) is 2.32.